The molecule has 0 atom stereocenters. The molecule has 32 heavy (non-hydrogen) atoms. The van der Waals surface area contributed by atoms with Crippen LogP contribution in [0.5, 0.6) is 0 Å². The average Bonchev–Trinajstić information content (AvgIpc) is 3.32. The smallest absolute Gasteiger partial charge is 0.286 e. The first-order valence-corrected chi connectivity index (χ1v) is 12.4. The zero-order chi connectivity index (χ0) is 23.0. The molecule has 3 heterocycles. The minimum atomic E-state index is -0.409. The molecule has 7 nitrogen and oxygen atoms in total. The highest BCUT2D eigenvalue weighted by molar-refractivity contribution is 7.98. The lowest BCUT2D eigenvalue weighted by atomic mass is 10.2. The third-order valence-corrected chi connectivity index (χ3v) is 7.98. The second kappa shape index (κ2) is 9.08. The number of aromatic nitrogens is 4. The summed E-state index contributed by atoms with van der Waals surface area (Å²) in [6, 6.07) is 5.45. The molecule has 4 rings (SSSR count). The molecule has 0 bridgehead atoms. The highest BCUT2D eigenvalue weighted by Crippen LogP contribution is 2.31. The van der Waals surface area contributed by atoms with E-state index in [9.17, 15) is 14.0 Å². The summed E-state index contributed by atoms with van der Waals surface area (Å²) in [5, 5.41) is 12.9. The van der Waals surface area contributed by atoms with Gasteiger partial charge in [-0.25, -0.2) is 9.37 Å². The summed E-state index contributed by atoms with van der Waals surface area (Å²) in [5.74, 6) is -0.360. The van der Waals surface area contributed by atoms with Crippen molar-refractivity contribution < 1.29 is 9.18 Å². The standard InChI is InChI=1S/C21H20FN5O2S3/c1-10(2)27-20(29)16-11(3)12(4)31-18(16)24-21(27)30-9-15-25-26-19(32-15)17(28)23-14-7-5-13(22)6-8-14/h5-8,10H,9H2,1-4H3,(H,23,28). The molecule has 0 aliphatic heterocycles. The number of nitrogens with one attached hydrogen (secondary N) is 1. The Balaban J connectivity index is 1.53. The quantitative estimate of drug-likeness (QED) is 0.296. The van der Waals surface area contributed by atoms with Gasteiger partial charge >= 0.3 is 0 Å². The second-order valence-corrected chi connectivity index (χ2v) is 10.6. The number of benzene rings is 1. The lowest BCUT2D eigenvalue weighted by Gasteiger charge is -2.14. The van der Waals surface area contributed by atoms with Gasteiger partial charge in [0.1, 0.15) is 15.7 Å². The van der Waals surface area contributed by atoms with Crippen LogP contribution in [0.15, 0.2) is 34.2 Å². The van der Waals surface area contributed by atoms with Gasteiger partial charge < -0.3 is 5.32 Å². The zero-order valence-corrected chi connectivity index (χ0v) is 20.3. The number of rotatable bonds is 6. The van der Waals surface area contributed by atoms with Crippen molar-refractivity contribution in [3.05, 3.63) is 60.9 Å². The van der Waals surface area contributed by atoms with Gasteiger partial charge in [0, 0.05) is 16.6 Å². The summed E-state index contributed by atoms with van der Waals surface area (Å²) < 4.78 is 14.7. The highest BCUT2D eigenvalue weighted by Gasteiger charge is 2.19. The predicted molar refractivity (Wildman–Crippen MR) is 128 cm³/mol. The van der Waals surface area contributed by atoms with E-state index in [1.165, 1.54) is 58.7 Å². The van der Waals surface area contributed by atoms with Crippen molar-refractivity contribution in [1.82, 2.24) is 19.7 Å². The molecular weight excluding hydrogens is 469 g/mol. The number of carbonyl (C=O) groups excluding carboxylic acids is 1. The Morgan fingerprint density at radius 1 is 1.19 bits per heavy atom. The molecule has 0 spiro atoms. The summed E-state index contributed by atoms with van der Waals surface area (Å²) in [4.78, 5) is 32.1. The van der Waals surface area contributed by atoms with Crippen LogP contribution in [0.3, 0.4) is 0 Å². The van der Waals surface area contributed by atoms with Crippen LogP contribution in [0.25, 0.3) is 10.2 Å². The molecule has 0 unspecified atom stereocenters. The van der Waals surface area contributed by atoms with Crippen LogP contribution in [-0.4, -0.2) is 25.7 Å². The van der Waals surface area contributed by atoms with Crippen LogP contribution in [0.1, 0.15) is 45.1 Å². The Morgan fingerprint density at radius 2 is 1.91 bits per heavy atom. The van der Waals surface area contributed by atoms with Gasteiger partial charge in [-0.05, 0) is 57.5 Å². The molecule has 0 saturated carbocycles. The summed E-state index contributed by atoms with van der Waals surface area (Å²) in [6.45, 7) is 7.86. The summed E-state index contributed by atoms with van der Waals surface area (Å²) >= 11 is 4.09. The third-order valence-electron chi connectivity index (χ3n) is 4.81. The number of anilines is 1. The molecule has 0 aliphatic rings. The van der Waals surface area contributed by atoms with Crippen molar-refractivity contribution in [1.29, 1.82) is 0 Å². The summed E-state index contributed by atoms with van der Waals surface area (Å²) in [5.41, 5.74) is 1.42. The number of aryl methyl sites for hydroxylation is 2. The second-order valence-electron chi connectivity index (χ2n) is 7.38. The molecule has 0 saturated heterocycles. The molecule has 1 aromatic carbocycles. The number of hydrogen-bond acceptors (Lipinski definition) is 8. The van der Waals surface area contributed by atoms with Crippen molar-refractivity contribution in [3.63, 3.8) is 0 Å². The fraction of sp³-hybridized carbons (Fsp3) is 0.286. The van der Waals surface area contributed by atoms with E-state index < -0.39 is 5.91 Å². The normalized spacial score (nSPS) is 11.4. The topological polar surface area (TPSA) is 89.8 Å². The van der Waals surface area contributed by atoms with Crippen molar-refractivity contribution in [2.75, 3.05) is 5.32 Å². The molecule has 0 aliphatic carbocycles. The van der Waals surface area contributed by atoms with Gasteiger partial charge in [-0.15, -0.1) is 21.5 Å². The van der Waals surface area contributed by atoms with Gasteiger partial charge in [-0.3, -0.25) is 14.2 Å². The number of nitrogens with zero attached hydrogens (tertiary/aromatic N) is 4. The molecule has 3 aromatic heterocycles. The molecule has 166 valence electrons. The first-order valence-electron chi connectivity index (χ1n) is 9.79. The number of carbonyl (C=O) groups is 1. The average molecular weight is 490 g/mol. The fourth-order valence-electron chi connectivity index (χ4n) is 3.09. The van der Waals surface area contributed by atoms with Gasteiger partial charge in [0.15, 0.2) is 5.16 Å². The van der Waals surface area contributed by atoms with Crippen LogP contribution in [0.2, 0.25) is 0 Å². The lowest BCUT2D eigenvalue weighted by molar-refractivity contribution is 0.102. The van der Waals surface area contributed by atoms with E-state index in [4.69, 9.17) is 4.98 Å². The molecule has 0 radical (unpaired) electrons. The van der Waals surface area contributed by atoms with Crippen molar-refractivity contribution in [3.8, 4) is 0 Å². The lowest BCUT2D eigenvalue weighted by Crippen LogP contribution is -2.24. The number of thiophene rings is 1. The van der Waals surface area contributed by atoms with Crippen molar-refractivity contribution >= 4 is 56.2 Å². The van der Waals surface area contributed by atoms with Crippen molar-refractivity contribution in [2.24, 2.45) is 0 Å². The zero-order valence-electron chi connectivity index (χ0n) is 17.8. The van der Waals surface area contributed by atoms with Crippen LogP contribution in [0.4, 0.5) is 10.1 Å². The minimum absolute atomic E-state index is 0.0361. The maximum atomic E-state index is 13.1. The number of thioether (sulfide) groups is 1. The van der Waals surface area contributed by atoms with Crippen LogP contribution in [0, 0.1) is 19.7 Å². The van der Waals surface area contributed by atoms with E-state index >= 15 is 0 Å². The molecule has 11 heteroatoms. The fourth-order valence-corrected chi connectivity index (χ4v) is 6.01. The Morgan fingerprint density at radius 3 is 2.59 bits per heavy atom. The van der Waals surface area contributed by atoms with Crippen LogP contribution < -0.4 is 10.9 Å². The number of amides is 1. The Labute approximate surface area is 195 Å². The van der Waals surface area contributed by atoms with Crippen molar-refractivity contribution in [2.45, 2.75) is 44.6 Å². The largest absolute Gasteiger partial charge is 0.320 e. The van der Waals surface area contributed by atoms with Gasteiger partial charge in [0.2, 0.25) is 5.01 Å². The summed E-state index contributed by atoms with van der Waals surface area (Å²) in [6.07, 6.45) is 0. The van der Waals surface area contributed by atoms with Crippen LogP contribution >= 0.6 is 34.4 Å². The molecule has 0 fully saturated rings. The number of hydrogen-bond donors (Lipinski definition) is 1. The maximum absolute atomic E-state index is 13.1. The molecule has 4 aromatic rings. The number of fused-ring (bicyclic) bond motifs is 1. The number of halogens is 1. The van der Waals surface area contributed by atoms with E-state index in [1.807, 2.05) is 27.7 Å². The van der Waals surface area contributed by atoms with E-state index in [0.29, 0.717) is 27.0 Å². The molecule has 1 N–H and O–H groups in total. The minimum Gasteiger partial charge on any atom is -0.320 e. The Kier molecular flexibility index (Phi) is 6.40. The molecule has 1 amide bonds. The Hall–Kier alpha value is -2.63. The van der Waals surface area contributed by atoms with Gasteiger partial charge in [0.25, 0.3) is 11.5 Å². The first kappa shape index (κ1) is 22.6. The first-order chi connectivity index (χ1) is 15.2. The van der Waals surface area contributed by atoms with E-state index in [2.05, 4.69) is 15.5 Å². The van der Waals surface area contributed by atoms with E-state index in [1.54, 1.807) is 4.57 Å². The maximum Gasteiger partial charge on any atom is 0.286 e. The molecular formula is C21H20FN5O2S3. The highest BCUT2D eigenvalue weighted by atomic mass is 32.2. The predicted octanol–water partition coefficient (Wildman–Crippen LogP) is 5.19. The van der Waals surface area contributed by atoms with E-state index in [0.717, 1.165) is 15.3 Å². The third kappa shape index (κ3) is 4.45. The Bertz CT molecular complexity index is 1360. The monoisotopic (exact) mass is 489 g/mol. The SMILES string of the molecule is Cc1sc2nc(SCc3nnc(C(=O)Nc4ccc(F)cc4)s3)n(C(C)C)c(=O)c2c1C. The summed E-state index contributed by atoms with van der Waals surface area (Å²) in [7, 11) is 0. The van der Waals surface area contributed by atoms with Crippen LogP contribution in [-0.2, 0) is 5.75 Å². The van der Waals surface area contributed by atoms with Gasteiger partial charge in [0.05, 0.1) is 11.1 Å². The van der Waals surface area contributed by atoms with Gasteiger partial charge in [-0.1, -0.05) is 23.1 Å². The van der Waals surface area contributed by atoms with Gasteiger partial charge in [-0.2, -0.15) is 0 Å². The van der Waals surface area contributed by atoms with E-state index in [-0.39, 0.29) is 22.4 Å².